The number of nitrogens with two attached hydrogens (primary N) is 1. The second kappa shape index (κ2) is 4.59. The van der Waals surface area contributed by atoms with Gasteiger partial charge in [-0.1, -0.05) is 0 Å². The maximum Gasteiger partial charge on any atom is 0.278 e. The smallest absolute Gasteiger partial charge is 0.278 e. The normalized spacial score (nSPS) is 9.78. The summed E-state index contributed by atoms with van der Waals surface area (Å²) in [5.74, 6) is -0.283. The van der Waals surface area contributed by atoms with E-state index in [2.05, 4.69) is 10.2 Å². The maximum atomic E-state index is 12.1. The quantitative estimate of drug-likeness (QED) is 0.823. The van der Waals surface area contributed by atoms with Gasteiger partial charge in [0.25, 0.3) is 5.91 Å². The van der Waals surface area contributed by atoms with E-state index in [-0.39, 0.29) is 11.6 Å². The number of amides is 1. The fourth-order valence-electron chi connectivity index (χ4n) is 1.51. The Morgan fingerprint density at radius 2 is 2.11 bits per heavy atom. The molecule has 0 fully saturated rings. The highest BCUT2D eigenvalue weighted by molar-refractivity contribution is 6.07. The van der Waals surface area contributed by atoms with Crippen LogP contribution in [-0.2, 0) is 0 Å². The van der Waals surface area contributed by atoms with Crippen LogP contribution in [0.25, 0.3) is 0 Å². The average Bonchev–Trinajstić information content (AvgIpc) is 2.83. The Morgan fingerprint density at radius 3 is 2.61 bits per heavy atom. The van der Waals surface area contributed by atoms with E-state index < -0.39 is 0 Å². The number of benzene rings is 1. The second-order valence-corrected chi connectivity index (χ2v) is 3.72. The highest BCUT2D eigenvalue weighted by atomic mass is 16.2. The SMILES string of the molecule is CN(C(=O)c1[nH]ncc1N)c1ccc(C#N)cc1. The summed E-state index contributed by atoms with van der Waals surface area (Å²) in [6.07, 6.45) is 1.39. The van der Waals surface area contributed by atoms with Crippen molar-refractivity contribution < 1.29 is 4.79 Å². The fraction of sp³-hybridized carbons (Fsp3) is 0.0833. The van der Waals surface area contributed by atoms with Crippen LogP contribution in [0, 0.1) is 11.3 Å². The number of carbonyl (C=O) groups excluding carboxylic acids is 1. The highest BCUT2D eigenvalue weighted by Gasteiger charge is 2.17. The Bertz CT molecular complexity index is 608. The van der Waals surface area contributed by atoms with Gasteiger partial charge >= 0.3 is 0 Å². The summed E-state index contributed by atoms with van der Waals surface area (Å²) in [4.78, 5) is 13.5. The lowest BCUT2D eigenvalue weighted by Gasteiger charge is -2.16. The van der Waals surface area contributed by atoms with Crippen LogP contribution in [0.15, 0.2) is 30.5 Å². The molecule has 2 aromatic rings. The number of nitrogens with one attached hydrogen (secondary N) is 1. The summed E-state index contributed by atoms with van der Waals surface area (Å²) < 4.78 is 0. The molecule has 0 bridgehead atoms. The zero-order valence-electron chi connectivity index (χ0n) is 9.71. The average molecular weight is 241 g/mol. The van der Waals surface area contributed by atoms with E-state index >= 15 is 0 Å². The molecule has 2 rings (SSSR count). The van der Waals surface area contributed by atoms with Crippen molar-refractivity contribution in [2.45, 2.75) is 0 Å². The zero-order valence-corrected chi connectivity index (χ0v) is 9.71. The molecule has 6 nitrogen and oxygen atoms in total. The minimum absolute atomic E-state index is 0.252. The third-order valence-corrected chi connectivity index (χ3v) is 2.57. The highest BCUT2D eigenvalue weighted by Crippen LogP contribution is 2.17. The van der Waals surface area contributed by atoms with Crippen molar-refractivity contribution in [2.75, 3.05) is 17.7 Å². The van der Waals surface area contributed by atoms with Gasteiger partial charge in [0.15, 0.2) is 0 Å². The van der Waals surface area contributed by atoms with E-state index in [1.54, 1.807) is 31.3 Å². The van der Waals surface area contributed by atoms with Crippen molar-refractivity contribution in [3.8, 4) is 6.07 Å². The molecule has 0 saturated carbocycles. The maximum absolute atomic E-state index is 12.1. The molecule has 0 radical (unpaired) electrons. The van der Waals surface area contributed by atoms with Gasteiger partial charge in [-0.05, 0) is 24.3 Å². The van der Waals surface area contributed by atoms with Gasteiger partial charge < -0.3 is 10.6 Å². The second-order valence-electron chi connectivity index (χ2n) is 3.72. The van der Waals surface area contributed by atoms with E-state index in [0.29, 0.717) is 16.9 Å². The summed E-state index contributed by atoms with van der Waals surface area (Å²) in [7, 11) is 1.63. The van der Waals surface area contributed by atoms with Gasteiger partial charge in [0.2, 0.25) is 0 Å². The van der Waals surface area contributed by atoms with E-state index in [4.69, 9.17) is 11.0 Å². The third kappa shape index (κ3) is 2.01. The molecule has 3 N–H and O–H groups in total. The number of carbonyl (C=O) groups is 1. The van der Waals surface area contributed by atoms with Crippen LogP contribution in [0.2, 0.25) is 0 Å². The van der Waals surface area contributed by atoms with Crippen LogP contribution in [0.4, 0.5) is 11.4 Å². The van der Waals surface area contributed by atoms with E-state index in [1.165, 1.54) is 11.1 Å². The van der Waals surface area contributed by atoms with Crippen molar-refractivity contribution in [3.05, 3.63) is 41.7 Å². The summed E-state index contributed by atoms with van der Waals surface area (Å²) in [6, 6.07) is 8.71. The molecule has 0 atom stereocenters. The van der Waals surface area contributed by atoms with Crippen LogP contribution in [-0.4, -0.2) is 23.2 Å². The van der Waals surface area contributed by atoms with Crippen LogP contribution in [0.5, 0.6) is 0 Å². The molecule has 0 aliphatic heterocycles. The number of nitriles is 1. The lowest BCUT2D eigenvalue weighted by Crippen LogP contribution is -2.27. The number of anilines is 2. The monoisotopic (exact) mass is 241 g/mol. The van der Waals surface area contributed by atoms with Crippen LogP contribution < -0.4 is 10.6 Å². The Balaban J connectivity index is 2.26. The molecule has 6 heteroatoms. The molecular weight excluding hydrogens is 230 g/mol. The number of hydrogen-bond acceptors (Lipinski definition) is 4. The lowest BCUT2D eigenvalue weighted by molar-refractivity contribution is 0.0989. The topological polar surface area (TPSA) is 98.8 Å². The molecular formula is C12H11N5O. The van der Waals surface area contributed by atoms with Crippen LogP contribution >= 0.6 is 0 Å². The molecule has 0 aliphatic carbocycles. The zero-order chi connectivity index (χ0) is 13.1. The van der Waals surface area contributed by atoms with Crippen molar-refractivity contribution in [2.24, 2.45) is 0 Å². The predicted octanol–water partition coefficient (Wildman–Crippen LogP) is 1.14. The number of rotatable bonds is 2. The van der Waals surface area contributed by atoms with Crippen molar-refractivity contribution in [1.29, 1.82) is 5.26 Å². The first-order chi connectivity index (χ1) is 8.63. The molecule has 1 aromatic carbocycles. The van der Waals surface area contributed by atoms with Crippen molar-refractivity contribution in [3.63, 3.8) is 0 Å². The Morgan fingerprint density at radius 1 is 1.44 bits per heavy atom. The first-order valence-corrected chi connectivity index (χ1v) is 5.20. The first-order valence-electron chi connectivity index (χ1n) is 5.20. The van der Waals surface area contributed by atoms with Gasteiger partial charge in [-0.15, -0.1) is 0 Å². The Kier molecular flexibility index (Phi) is 2.98. The molecule has 18 heavy (non-hydrogen) atoms. The van der Waals surface area contributed by atoms with E-state index in [0.717, 1.165) is 0 Å². The Hall–Kier alpha value is -2.81. The number of aromatic nitrogens is 2. The number of nitrogens with zero attached hydrogens (tertiary/aromatic N) is 3. The fourth-order valence-corrected chi connectivity index (χ4v) is 1.51. The van der Waals surface area contributed by atoms with Crippen molar-refractivity contribution in [1.82, 2.24) is 10.2 Å². The van der Waals surface area contributed by atoms with Gasteiger partial charge in [0.05, 0.1) is 23.5 Å². The summed E-state index contributed by atoms with van der Waals surface area (Å²) in [5.41, 5.74) is 7.39. The molecule has 1 aromatic heterocycles. The van der Waals surface area contributed by atoms with Gasteiger partial charge in [-0.25, -0.2) is 0 Å². The molecule has 1 heterocycles. The predicted molar refractivity (Wildman–Crippen MR) is 66.9 cm³/mol. The van der Waals surface area contributed by atoms with Crippen LogP contribution in [0.1, 0.15) is 16.1 Å². The van der Waals surface area contributed by atoms with Gasteiger partial charge in [0.1, 0.15) is 5.69 Å². The van der Waals surface area contributed by atoms with Crippen molar-refractivity contribution >= 4 is 17.3 Å². The number of aromatic amines is 1. The molecule has 90 valence electrons. The molecule has 0 saturated heterocycles. The minimum Gasteiger partial charge on any atom is -0.396 e. The van der Waals surface area contributed by atoms with Gasteiger partial charge in [-0.2, -0.15) is 10.4 Å². The van der Waals surface area contributed by atoms with Crippen LogP contribution in [0.3, 0.4) is 0 Å². The molecule has 1 amide bonds. The molecule has 0 aliphatic rings. The number of H-pyrrole nitrogens is 1. The largest absolute Gasteiger partial charge is 0.396 e. The van der Waals surface area contributed by atoms with Gasteiger partial charge in [-0.3, -0.25) is 9.89 Å². The first kappa shape index (κ1) is 11.7. The summed E-state index contributed by atoms with van der Waals surface area (Å²) in [6.45, 7) is 0. The lowest BCUT2D eigenvalue weighted by atomic mass is 10.2. The molecule has 0 unspecified atom stereocenters. The summed E-state index contributed by atoms with van der Waals surface area (Å²) >= 11 is 0. The third-order valence-electron chi connectivity index (χ3n) is 2.57. The standard InChI is InChI=1S/C12H11N5O/c1-17(9-4-2-8(6-13)3-5-9)12(18)11-10(14)7-15-16-11/h2-5,7H,14H2,1H3,(H,15,16). The Labute approximate surface area is 104 Å². The van der Waals surface area contributed by atoms with Gasteiger partial charge in [0, 0.05) is 12.7 Å². The summed E-state index contributed by atoms with van der Waals surface area (Å²) in [5, 5.41) is 15.0. The van der Waals surface area contributed by atoms with E-state index in [1.807, 2.05) is 6.07 Å². The molecule has 0 spiro atoms. The van der Waals surface area contributed by atoms with E-state index in [9.17, 15) is 4.79 Å². The number of nitrogen functional groups attached to an aromatic ring is 1. The number of hydrogen-bond donors (Lipinski definition) is 2. The minimum atomic E-state index is -0.283.